The van der Waals surface area contributed by atoms with Crippen LogP contribution in [0.3, 0.4) is 0 Å². The predicted molar refractivity (Wildman–Crippen MR) is 104 cm³/mol. The molecule has 0 radical (unpaired) electrons. The van der Waals surface area contributed by atoms with Crippen LogP contribution in [0.4, 0.5) is 11.4 Å². The van der Waals surface area contributed by atoms with Crippen molar-refractivity contribution >= 4 is 28.9 Å². The zero-order valence-corrected chi connectivity index (χ0v) is 15.6. The number of anilines is 2. The minimum atomic E-state index is -0.186. The van der Waals surface area contributed by atoms with Gasteiger partial charge in [-0.1, -0.05) is 17.7 Å². The van der Waals surface area contributed by atoms with Crippen molar-refractivity contribution in [2.75, 3.05) is 44.1 Å². The number of amides is 1. The van der Waals surface area contributed by atoms with Crippen molar-refractivity contribution in [3.05, 3.63) is 47.5 Å². The maximum atomic E-state index is 12.1. The highest BCUT2D eigenvalue weighted by molar-refractivity contribution is 6.32. The van der Waals surface area contributed by atoms with Crippen LogP contribution >= 0.6 is 11.6 Å². The lowest BCUT2D eigenvalue weighted by atomic mass is 10.3. The highest BCUT2D eigenvalue weighted by atomic mass is 35.5. The Kier molecular flexibility index (Phi) is 8.05. The molecule has 2 aromatic rings. The first-order valence-corrected chi connectivity index (χ1v) is 8.68. The van der Waals surface area contributed by atoms with E-state index in [1.54, 1.807) is 18.2 Å². The SMILES string of the molecule is CCOCCOc1cccc(NCC(=O)Nc2ccc(OC)c(Cl)c2)c1. The van der Waals surface area contributed by atoms with E-state index in [1.807, 2.05) is 31.2 Å². The fraction of sp³-hybridized carbons (Fsp3) is 0.316. The summed E-state index contributed by atoms with van der Waals surface area (Å²) in [4.78, 5) is 12.1. The van der Waals surface area contributed by atoms with E-state index in [2.05, 4.69) is 10.6 Å². The summed E-state index contributed by atoms with van der Waals surface area (Å²) in [6.45, 7) is 3.75. The summed E-state index contributed by atoms with van der Waals surface area (Å²) in [5.74, 6) is 1.09. The van der Waals surface area contributed by atoms with Crippen LogP contribution in [0.5, 0.6) is 11.5 Å². The Morgan fingerprint density at radius 1 is 1.12 bits per heavy atom. The molecular weight excluding hydrogens is 356 g/mol. The molecule has 2 N–H and O–H groups in total. The van der Waals surface area contributed by atoms with Gasteiger partial charge >= 0.3 is 0 Å². The van der Waals surface area contributed by atoms with Gasteiger partial charge in [0.05, 0.1) is 25.3 Å². The third-order valence-corrected chi connectivity index (χ3v) is 3.72. The molecule has 0 aliphatic heterocycles. The first-order valence-electron chi connectivity index (χ1n) is 8.30. The molecule has 0 aliphatic rings. The summed E-state index contributed by atoms with van der Waals surface area (Å²) in [6, 6.07) is 12.5. The first kappa shape index (κ1) is 19.9. The Bertz CT molecular complexity index is 724. The number of halogens is 1. The second kappa shape index (κ2) is 10.5. The summed E-state index contributed by atoms with van der Waals surface area (Å²) in [5.41, 5.74) is 1.40. The molecule has 0 aliphatic carbocycles. The van der Waals surface area contributed by atoms with Crippen molar-refractivity contribution in [3.63, 3.8) is 0 Å². The minimum absolute atomic E-state index is 0.117. The molecule has 0 spiro atoms. The molecule has 6 nitrogen and oxygen atoms in total. The lowest BCUT2D eigenvalue weighted by molar-refractivity contribution is -0.114. The molecular formula is C19H23ClN2O4. The Labute approximate surface area is 158 Å². The summed E-state index contributed by atoms with van der Waals surface area (Å²) < 4.78 is 15.9. The van der Waals surface area contributed by atoms with Gasteiger partial charge in [0.2, 0.25) is 5.91 Å². The molecule has 0 saturated heterocycles. The van der Waals surface area contributed by atoms with E-state index in [0.29, 0.717) is 36.3 Å². The Morgan fingerprint density at radius 2 is 1.96 bits per heavy atom. The van der Waals surface area contributed by atoms with Crippen molar-refractivity contribution in [2.45, 2.75) is 6.92 Å². The van der Waals surface area contributed by atoms with Crippen molar-refractivity contribution in [1.82, 2.24) is 0 Å². The standard InChI is InChI=1S/C19H23ClN2O4/c1-3-25-9-10-26-16-6-4-5-14(11-16)21-13-19(23)22-15-7-8-18(24-2)17(20)12-15/h4-8,11-12,21H,3,9-10,13H2,1-2H3,(H,22,23). The lowest BCUT2D eigenvalue weighted by Gasteiger charge is -2.11. The van der Waals surface area contributed by atoms with Gasteiger partial charge < -0.3 is 24.8 Å². The number of carbonyl (C=O) groups excluding carboxylic acids is 1. The zero-order chi connectivity index (χ0) is 18.8. The second-order valence-corrected chi connectivity index (χ2v) is 5.73. The van der Waals surface area contributed by atoms with Crippen LogP contribution in [0.1, 0.15) is 6.92 Å². The number of rotatable bonds is 10. The van der Waals surface area contributed by atoms with Gasteiger partial charge in [-0.25, -0.2) is 0 Å². The molecule has 7 heteroatoms. The third-order valence-electron chi connectivity index (χ3n) is 3.42. The lowest BCUT2D eigenvalue weighted by Crippen LogP contribution is -2.21. The number of carbonyl (C=O) groups is 1. The van der Waals surface area contributed by atoms with Crippen molar-refractivity contribution in [3.8, 4) is 11.5 Å². The van der Waals surface area contributed by atoms with E-state index in [4.69, 9.17) is 25.8 Å². The molecule has 1 amide bonds. The number of methoxy groups -OCH3 is 1. The van der Waals surface area contributed by atoms with E-state index in [0.717, 1.165) is 11.4 Å². The summed E-state index contributed by atoms with van der Waals surface area (Å²) in [5, 5.41) is 6.28. The maximum Gasteiger partial charge on any atom is 0.243 e. The smallest absolute Gasteiger partial charge is 0.243 e. The normalized spacial score (nSPS) is 10.3. The van der Waals surface area contributed by atoms with Crippen molar-refractivity contribution in [2.24, 2.45) is 0 Å². The van der Waals surface area contributed by atoms with Crippen molar-refractivity contribution < 1.29 is 19.0 Å². The molecule has 0 fully saturated rings. The third kappa shape index (κ3) is 6.46. The molecule has 26 heavy (non-hydrogen) atoms. The molecule has 0 bridgehead atoms. The van der Waals surface area contributed by atoms with Crippen LogP contribution in [-0.2, 0) is 9.53 Å². The maximum absolute atomic E-state index is 12.1. The van der Waals surface area contributed by atoms with Gasteiger partial charge in [0, 0.05) is 24.0 Å². The van der Waals surface area contributed by atoms with Crippen LogP contribution < -0.4 is 20.1 Å². The van der Waals surface area contributed by atoms with Gasteiger partial charge in [-0.3, -0.25) is 4.79 Å². The quantitative estimate of drug-likeness (QED) is 0.615. The number of nitrogens with one attached hydrogen (secondary N) is 2. The summed E-state index contributed by atoms with van der Waals surface area (Å²) in [7, 11) is 1.54. The van der Waals surface area contributed by atoms with E-state index >= 15 is 0 Å². The number of hydrogen-bond acceptors (Lipinski definition) is 5. The molecule has 2 rings (SSSR count). The topological polar surface area (TPSA) is 68.8 Å². The fourth-order valence-corrected chi connectivity index (χ4v) is 2.45. The zero-order valence-electron chi connectivity index (χ0n) is 14.9. The number of hydrogen-bond donors (Lipinski definition) is 2. The minimum Gasteiger partial charge on any atom is -0.495 e. The molecule has 140 valence electrons. The van der Waals surface area contributed by atoms with Gasteiger partial charge in [0.15, 0.2) is 0 Å². The summed E-state index contributed by atoms with van der Waals surface area (Å²) in [6.07, 6.45) is 0. The highest BCUT2D eigenvalue weighted by Gasteiger charge is 2.06. The largest absolute Gasteiger partial charge is 0.495 e. The van der Waals surface area contributed by atoms with E-state index in [9.17, 15) is 4.79 Å². The molecule has 0 unspecified atom stereocenters. The van der Waals surface area contributed by atoms with Gasteiger partial charge in [0.25, 0.3) is 0 Å². The average Bonchev–Trinajstić information content (AvgIpc) is 2.64. The number of benzene rings is 2. The van der Waals surface area contributed by atoms with Crippen molar-refractivity contribution in [1.29, 1.82) is 0 Å². The monoisotopic (exact) mass is 378 g/mol. The van der Waals surface area contributed by atoms with Crippen LogP contribution in [0.25, 0.3) is 0 Å². The second-order valence-electron chi connectivity index (χ2n) is 5.32. The van der Waals surface area contributed by atoms with E-state index in [1.165, 1.54) is 7.11 Å². The molecule has 0 aromatic heterocycles. The van der Waals surface area contributed by atoms with Gasteiger partial charge in [-0.2, -0.15) is 0 Å². The molecule has 2 aromatic carbocycles. The average molecular weight is 379 g/mol. The Morgan fingerprint density at radius 3 is 2.69 bits per heavy atom. The van der Waals surface area contributed by atoms with E-state index in [-0.39, 0.29) is 12.5 Å². The predicted octanol–water partition coefficient (Wildman–Crippen LogP) is 3.81. The molecule has 0 heterocycles. The number of ether oxygens (including phenoxy) is 3. The van der Waals surface area contributed by atoms with Crippen LogP contribution in [0.15, 0.2) is 42.5 Å². The Balaban J connectivity index is 1.82. The van der Waals surface area contributed by atoms with E-state index < -0.39 is 0 Å². The van der Waals surface area contributed by atoms with Crippen LogP contribution in [0, 0.1) is 0 Å². The Hall–Kier alpha value is -2.44. The van der Waals surface area contributed by atoms with Gasteiger partial charge in [-0.05, 0) is 37.3 Å². The first-order chi connectivity index (χ1) is 12.6. The van der Waals surface area contributed by atoms with Gasteiger partial charge in [-0.15, -0.1) is 0 Å². The molecule has 0 atom stereocenters. The fourth-order valence-electron chi connectivity index (χ4n) is 2.19. The van der Waals surface area contributed by atoms with Crippen LogP contribution in [-0.4, -0.2) is 39.4 Å². The molecule has 0 saturated carbocycles. The summed E-state index contributed by atoms with van der Waals surface area (Å²) >= 11 is 6.05. The van der Waals surface area contributed by atoms with Crippen LogP contribution in [0.2, 0.25) is 5.02 Å². The highest BCUT2D eigenvalue weighted by Crippen LogP contribution is 2.27. The van der Waals surface area contributed by atoms with Gasteiger partial charge in [0.1, 0.15) is 18.1 Å².